The monoisotopic (exact) mass is 227 g/mol. The number of aliphatic hydroxyl groups excluding tert-OH is 1. The minimum Gasteiger partial charge on any atom is -0.396 e. The molecule has 2 unspecified atom stereocenters. The van der Waals surface area contributed by atoms with Crippen LogP contribution in [0.25, 0.3) is 0 Å². The molecule has 96 valence electrons. The SMILES string of the molecule is CNC1CCCCCCCCCCC1CO. The van der Waals surface area contributed by atoms with Crippen LogP contribution in [-0.4, -0.2) is 24.8 Å². The second-order valence-electron chi connectivity index (χ2n) is 5.24. The lowest BCUT2D eigenvalue weighted by Gasteiger charge is -2.25. The molecule has 2 N–H and O–H groups in total. The zero-order valence-corrected chi connectivity index (χ0v) is 10.9. The Morgan fingerprint density at radius 3 is 1.88 bits per heavy atom. The summed E-state index contributed by atoms with van der Waals surface area (Å²) >= 11 is 0. The third-order valence-electron chi connectivity index (χ3n) is 4.01. The van der Waals surface area contributed by atoms with Gasteiger partial charge in [-0.2, -0.15) is 0 Å². The predicted octanol–water partition coefficient (Wildman–Crippen LogP) is 3.10. The van der Waals surface area contributed by atoms with Crippen molar-refractivity contribution >= 4 is 0 Å². The predicted molar refractivity (Wildman–Crippen MR) is 69.6 cm³/mol. The van der Waals surface area contributed by atoms with Crippen molar-refractivity contribution in [3.05, 3.63) is 0 Å². The lowest BCUT2D eigenvalue weighted by Crippen LogP contribution is -2.35. The van der Waals surface area contributed by atoms with Crippen LogP contribution in [0.5, 0.6) is 0 Å². The van der Waals surface area contributed by atoms with Gasteiger partial charge in [0.05, 0.1) is 0 Å². The maximum atomic E-state index is 9.46. The van der Waals surface area contributed by atoms with Gasteiger partial charge in [-0.1, -0.05) is 51.4 Å². The molecule has 2 heteroatoms. The first-order valence-electron chi connectivity index (χ1n) is 7.16. The van der Waals surface area contributed by atoms with E-state index >= 15 is 0 Å². The molecular weight excluding hydrogens is 198 g/mol. The van der Waals surface area contributed by atoms with Crippen LogP contribution in [0.15, 0.2) is 0 Å². The van der Waals surface area contributed by atoms with Crippen LogP contribution >= 0.6 is 0 Å². The third-order valence-corrected chi connectivity index (χ3v) is 4.01. The van der Waals surface area contributed by atoms with Gasteiger partial charge in [-0.15, -0.1) is 0 Å². The fourth-order valence-corrected chi connectivity index (χ4v) is 2.87. The Labute approximate surface area is 101 Å². The minimum atomic E-state index is 0.353. The molecule has 0 aromatic heterocycles. The van der Waals surface area contributed by atoms with E-state index < -0.39 is 0 Å². The molecule has 0 amide bonds. The molecule has 0 aromatic rings. The van der Waals surface area contributed by atoms with Crippen molar-refractivity contribution in [2.24, 2.45) is 5.92 Å². The van der Waals surface area contributed by atoms with Crippen molar-refractivity contribution in [1.82, 2.24) is 5.32 Å². The molecule has 2 atom stereocenters. The largest absolute Gasteiger partial charge is 0.396 e. The number of hydrogen-bond donors (Lipinski definition) is 2. The highest BCUT2D eigenvalue weighted by molar-refractivity contribution is 4.75. The number of nitrogens with one attached hydrogen (secondary N) is 1. The topological polar surface area (TPSA) is 32.3 Å². The van der Waals surface area contributed by atoms with E-state index in [1.807, 2.05) is 7.05 Å². The van der Waals surface area contributed by atoms with Gasteiger partial charge in [0.25, 0.3) is 0 Å². The summed E-state index contributed by atoms with van der Waals surface area (Å²) in [5.74, 6) is 0.476. The molecule has 0 aromatic carbocycles. The first kappa shape index (κ1) is 14.0. The Kier molecular flexibility index (Phi) is 7.87. The van der Waals surface area contributed by atoms with Crippen molar-refractivity contribution in [1.29, 1.82) is 0 Å². The van der Waals surface area contributed by atoms with E-state index in [0.717, 1.165) is 0 Å². The third kappa shape index (κ3) is 5.31. The second kappa shape index (κ2) is 9.00. The van der Waals surface area contributed by atoms with E-state index in [-0.39, 0.29) is 0 Å². The van der Waals surface area contributed by atoms with Crippen LogP contribution in [0.1, 0.15) is 64.2 Å². The van der Waals surface area contributed by atoms with Gasteiger partial charge in [0.2, 0.25) is 0 Å². The minimum absolute atomic E-state index is 0.353. The molecule has 1 rings (SSSR count). The number of aliphatic hydroxyl groups is 1. The van der Waals surface area contributed by atoms with E-state index in [4.69, 9.17) is 0 Å². The summed E-state index contributed by atoms with van der Waals surface area (Å²) in [6.45, 7) is 0.353. The van der Waals surface area contributed by atoms with Crippen molar-refractivity contribution in [3.8, 4) is 0 Å². The Balaban J connectivity index is 2.38. The lowest BCUT2D eigenvalue weighted by molar-refractivity contribution is 0.174. The summed E-state index contributed by atoms with van der Waals surface area (Å²) in [6, 6.07) is 0.532. The highest BCUT2D eigenvalue weighted by Crippen LogP contribution is 2.21. The van der Waals surface area contributed by atoms with Gasteiger partial charge >= 0.3 is 0 Å². The summed E-state index contributed by atoms with van der Waals surface area (Å²) in [5.41, 5.74) is 0. The standard InChI is InChI=1S/C14H29NO/c1-15-14-11-9-7-5-3-2-4-6-8-10-13(14)12-16/h13-16H,2-12H2,1H3. The zero-order valence-electron chi connectivity index (χ0n) is 10.9. The highest BCUT2D eigenvalue weighted by atomic mass is 16.3. The molecular formula is C14H29NO. The lowest BCUT2D eigenvalue weighted by atomic mass is 9.89. The average Bonchev–Trinajstić information content (AvgIpc) is 2.30. The second-order valence-corrected chi connectivity index (χ2v) is 5.24. The Bertz CT molecular complexity index is 143. The molecule has 0 saturated heterocycles. The summed E-state index contributed by atoms with van der Waals surface area (Å²) in [7, 11) is 2.04. The molecule has 0 bridgehead atoms. The quantitative estimate of drug-likeness (QED) is 0.760. The molecule has 1 fully saturated rings. The Hall–Kier alpha value is -0.0800. The van der Waals surface area contributed by atoms with E-state index in [0.29, 0.717) is 18.6 Å². The summed E-state index contributed by atoms with van der Waals surface area (Å²) in [4.78, 5) is 0. The zero-order chi connectivity index (χ0) is 11.6. The molecule has 1 aliphatic carbocycles. The molecule has 0 aliphatic heterocycles. The van der Waals surface area contributed by atoms with Gasteiger partial charge in [-0.3, -0.25) is 0 Å². The summed E-state index contributed by atoms with van der Waals surface area (Å²) < 4.78 is 0. The fraction of sp³-hybridized carbons (Fsp3) is 1.00. The van der Waals surface area contributed by atoms with Crippen LogP contribution in [0, 0.1) is 5.92 Å². The molecule has 1 aliphatic rings. The van der Waals surface area contributed by atoms with Crippen molar-refractivity contribution in [3.63, 3.8) is 0 Å². The summed E-state index contributed by atoms with van der Waals surface area (Å²) in [6.07, 6.45) is 13.4. The van der Waals surface area contributed by atoms with Crippen molar-refractivity contribution in [2.75, 3.05) is 13.7 Å². The molecule has 16 heavy (non-hydrogen) atoms. The molecule has 1 saturated carbocycles. The normalized spacial score (nSPS) is 30.4. The van der Waals surface area contributed by atoms with Crippen LogP contribution in [0.4, 0.5) is 0 Å². The Morgan fingerprint density at radius 1 is 0.875 bits per heavy atom. The van der Waals surface area contributed by atoms with Crippen LogP contribution in [0.2, 0.25) is 0 Å². The smallest absolute Gasteiger partial charge is 0.0474 e. The molecule has 0 heterocycles. The maximum absolute atomic E-state index is 9.46. The van der Waals surface area contributed by atoms with Gasteiger partial charge in [-0.05, 0) is 25.8 Å². The van der Waals surface area contributed by atoms with Gasteiger partial charge in [0, 0.05) is 12.6 Å². The molecule has 0 spiro atoms. The van der Waals surface area contributed by atoms with Gasteiger partial charge in [0.1, 0.15) is 0 Å². The fourth-order valence-electron chi connectivity index (χ4n) is 2.87. The van der Waals surface area contributed by atoms with E-state index in [1.165, 1.54) is 64.2 Å². The first-order valence-corrected chi connectivity index (χ1v) is 7.16. The number of hydrogen-bond acceptors (Lipinski definition) is 2. The van der Waals surface area contributed by atoms with Crippen molar-refractivity contribution < 1.29 is 5.11 Å². The van der Waals surface area contributed by atoms with Crippen LogP contribution in [0.3, 0.4) is 0 Å². The van der Waals surface area contributed by atoms with E-state index in [9.17, 15) is 5.11 Å². The van der Waals surface area contributed by atoms with E-state index in [1.54, 1.807) is 0 Å². The van der Waals surface area contributed by atoms with E-state index in [2.05, 4.69) is 5.32 Å². The van der Waals surface area contributed by atoms with Crippen LogP contribution in [-0.2, 0) is 0 Å². The maximum Gasteiger partial charge on any atom is 0.0474 e. The molecule has 0 radical (unpaired) electrons. The van der Waals surface area contributed by atoms with Gasteiger partial charge in [0.15, 0.2) is 0 Å². The van der Waals surface area contributed by atoms with Crippen molar-refractivity contribution in [2.45, 2.75) is 70.3 Å². The molecule has 2 nitrogen and oxygen atoms in total. The van der Waals surface area contributed by atoms with Crippen LogP contribution < -0.4 is 5.32 Å². The van der Waals surface area contributed by atoms with Gasteiger partial charge < -0.3 is 10.4 Å². The first-order chi connectivity index (χ1) is 7.88. The Morgan fingerprint density at radius 2 is 1.38 bits per heavy atom. The average molecular weight is 227 g/mol. The highest BCUT2D eigenvalue weighted by Gasteiger charge is 2.18. The summed E-state index contributed by atoms with van der Waals surface area (Å²) in [5, 5.41) is 12.9. The van der Waals surface area contributed by atoms with Gasteiger partial charge in [-0.25, -0.2) is 0 Å². The number of rotatable bonds is 2.